The molecule has 2 aromatic rings. The number of hydrogen-bond acceptors (Lipinski definition) is 2. The number of carbonyl (C=O) groups is 1. The van der Waals surface area contributed by atoms with Crippen molar-refractivity contribution in [2.24, 2.45) is 5.92 Å². The fourth-order valence-corrected chi connectivity index (χ4v) is 2.75. The molecule has 4 heteroatoms. The number of pyridine rings is 1. The van der Waals surface area contributed by atoms with Crippen LogP contribution in [0.4, 0.5) is 0 Å². The molecular weight excluding hydrogens is 278 g/mol. The SMILES string of the molecule is CCC(C)c1cc(C(=O)O)cc2ccc(=O)n(CC(C)C)c12. The molecule has 1 aromatic heterocycles. The van der Waals surface area contributed by atoms with Crippen LogP contribution in [0.2, 0.25) is 0 Å². The first-order valence-corrected chi connectivity index (χ1v) is 7.76. The van der Waals surface area contributed by atoms with Crippen LogP contribution in [0.5, 0.6) is 0 Å². The lowest BCUT2D eigenvalue weighted by Gasteiger charge is -2.19. The van der Waals surface area contributed by atoms with Crippen LogP contribution in [0.25, 0.3) is 10.9 Å². The standard InChI is InChI=1S/C18H23NO3/c1-5-12(4)15-9-14(18(21)22)8-13-6-7-16(20)19(17(13)15)10-11(2)3/h6-9,11-12H,5,10H2,1-4H3,(H,21,22). The molecule has 0 aliphatic heterocycles. The molecule has 22 heavy (non-hydrogen) atoms. The third-order valence-corrected chi connectivity index (χ3v) is 4.05. The van der Waals surface area contributed by atoms with Crippen LogP contribution in [0.3, 0.4) is 0 Å². The van der Waals surface area contributed by atoms with Crippen molar-refractivity contribution in [1.82, 2.24) is 4.57 Å². The molecule has 0 saturated heterocycles. The third-order valence-electron chi connectivity index (χ3n) is 4.05. The first-order chi connectivity index (χ1) is 10.3. The van der Waals surface area contributed by atoms with Gasteiger partial charge < -0.3 is 9.67 Å². The summed E-state index contributed by atoms with van der Waals surface area (Å²) < 4.78 is 1.78. The Morgan fingerprint density at radius 1 is 1.23 bits per heavy atom. The molecule has 0 saturated carbocycles. The Balaban J connectivity index is 2.87. The second-order valence-electron chi connectivity index (χ2n) is 6.29. The van der Waals surface area contributed by atoms with Gasteiger partial charge in [0.25, 0.3) is 5.56 Å². The fourth-order valence-electron chi connectivity index (χ4n) is 2.75. The molecule has 0 bridgehead atoms. The highest BCUT2D eigenvalue weighted by Gasteiger charge is 2.17. The molecule has 0 aliphatic rings. The van der Waals surface area contributed by atoms with E-state index in [0.29, 0.717) is 12.5 Å². The van der Waals surface area contributed by atoms with Crippen LogP contribution in [0, 0.1) is 5.92 Å². The maximum Gasteiger partial charge on any atom is 0.335 e. The summed E-state index contributed by atoms with van der Waals surface area (Å²) >= 11 is 0. The van der Waals surface area contributed by atoms with Gasteiger partial charge in [0, 0.05) is 12.6 Å². The van der Waals surface area contributed by atoms with Gasteiger partial charge in [0.2, 0.25) is 0 Å². The summed E-state index contributed by atoms with van der Waals surface area (Å²) in [7, 11) is 0. The molecule has 1 heterocycles. The Morgan fingerprint density at radius 2 is 1.91 bits per heavy atom. The molecular formula is C18H23NO3. The van der Waals surface area contributed by atoms with Gasteiger partial charge in [-0.15, -0.1) is 0 Å². The van der Waals surface area contributed by atoms with Crippen LogP contribution in [0.15, 0.2) is 29.1 Å². The summed E-state index contributed by atoms with van der Waals surface area (Å²) in [6, 6.07) is 6.62. The second-order valence-corrected chi connectivity index (χ2v) is 6.29. The average molecular weight is 301 g/mol. The molecule has 0 radical (unpaired) electrons. The number of aromatic nitrogens is 1. The summed E-state index contributed by atoms with van der Waals surface area (Å²) in [5, 5.41) is 10.1. The Labute approximate surface area is 130 Å². The Morgan fingerprint density at radius 3 is 2.45 bits per heavy atom. The average Bonchev–Trinajstić information content (AvgIpc) is 2.47. The minimum absolute atomic E-state index is 0.0335. The first-order valence-electron chi connectivity index (χ1n) is 7.76. The summed E-state index contributed by atoms with van der Waals surface area (Å²) in [6.45, 7) is 8.90. The maximum absolute atomic E-state index is 12.3. The van der Waals surface area contributed by atoms with Crippen molar-refractivity contribution >= 4 is 16.9 Å². The van der Waals surface area contributed by atoms with E-state index < -0.39 is 5.97 Å². The van der Waals surface area contributed by atoms with Gasteiger partial charge in [-0.3, -0.25) is 4.79 Å². The van der Waals surface area contributed by atoms with E-state index in [1.54, 1.807) is 22.8 Å². The lowest BCUT2D eigenvalue weighted by molar-refractivity contribution is 0.0697. The van der Waals surface area contributed by atoms with E-state index in [1.807, 2.05) is 0 Å². The molecule has 1 atom stereocenters. The first kappa shape index (κ1) is 16.3. The van der Waals surface area contributed by atoms with Crippen LogP contribution >= 0.6 is 0 Å². The zero-order chi connectivity index (χ0) is 16.4. The quantitative estimate of drug-likeness (QED) is 0.912. The number of fused-ring (bicyclic) bond motifs is 1. The Hall–Kier alpha value is -2.10. The normalized spacial score (nSPS) is 12.8. The van der Waals surface area contributed by atoms with Crippen molar-refractivity contribution in [3.63, 3.8) is 0 Å². The highest BCUT2D eigenvalue weighted by molar-refractivity contribution is 5.95. The van der Waals surface area contributed by atoms with E-state index >= 15 is 0 Å². The van der Waals surface area contributed by atoms with Crippen LogP contribution in [0.1, 0.15) is 56.0 Å². The van der Waals surface area contributed by atoms with E-state index in [2.05, 4.69) is 27.7 Å². The summed E-state index contributed by atoms with van der Waals surface area (Å²) in [5.41, 5.74) is 2.06. The number of rotatable bonds is 5. The predicted molar refractivity (Wildman–Crippen MR) is 88.7 cm³/mol. The van der Waals surface area contributed by atoms with Gasteiger partial charge in [0.05, 0.1) is 11.1 Å². The molecule has 0 fully saturated rings. The number of aromatic carboxylic acids is 1. The van der Waals surface area contributed by atoms with Gasteiger partial charge in [-0.1, -0.05) is 27.7 Å². The van der Waals surface area contributed by atoms with E-state index in [0.717, 1.165) is 22.9 Å². The van der Waals surface area contributed by atoms with Crippen LogP contribution < -0.4 is 5.56 Å². The molecule has 1 aromatic carbocycles. The largest absolute Gasteiger partial charge is 0.478 e. The molecule has 1 unspecified atom stereocenters. The minimum atomic E-state index is -0.937. The van der Waals surface area contributed by atoms with E-state index in [1.165, 1.54) is 6.07 Å². The van der Waals surface area contributed by atoms with Gasteiger partial charge in [-0.25, -0.2) is 4.79 Å². The predicted octanol–water partition coefficient (Wildman–Crippen LogP) is 3.87. The van der Waals surface area contributed by atoms with Crippen molar-refractivity contribution in [3.05, 3.63) is 45.7 Å². The lowest BCUT2D eigenvalue weighted by atomic mass is 9.93. The molecule has 2 rings (SSSR count). The Kier molecular flexibility index (Phi) is 4.69. The third kappa shape index (κ3) is 3.06. The van der Waals surface area contributed by atoms with Gasteiger partial charge in [0.15, 0.2) is 0 Å². The zero-order valence-electron chi connectivity index (χ0n) is 13.6. The molecule has 4 nitrogen and oxygen atoms in total. The molecule has 0 aliphatic carbocycles. The molecule has 1 N–H and O–H groups in total. The topological polar surface area (TPSA) is 59.3 Å². The van der Waals surface area contributed by atoms with Crippen LogP contribution in [-0.4, -0.2) is 15.6 Å². The zero-order valence-corrected chi connectivity index (χ0v) is 13.6. The fraction of sp³-hybridized carbons (Fsp3) is 0.444. The second kappa shape index (κ2) is 6.34. The lowest BCUT2D eigenvalue weighted by Crippen LogP contribution is -2.23. The van der Waals surface area contributed by atoms with Crippen molar-refractivity contribution in [2.45, 2.75) is 46.6 Å². The molecule has 118 valence electrons. The summed E-state index contributed by atoms with van der Waals surface area (Å²) in [6.07, 6.45) is 0.892. The number of benzene rings is 1. The van der Waals surface area contributed by atoms with Crippen LogP contribution in [-0.2, 0) is 6.54 Å². The van der Waals surface area contributed by atoms with Gasteiger partial charge in [-0.05, 0) is 47.4 Å². The number of hydrogen-bond donors (Lipinski definition) is 1. The van der Waals surface area contributed by atoms with E-state index in [9.17, 15) is 14.7 Å². The van der Waals surface area contributed by atoms with Crippen molar-refractivity contribution in [3.8, 4) is 0 Å². The van der Waals surface area contributed by atoms with Gasteiger partial charge >= 0.3 is 5.97 Å². The smallest absolute Gasteiger partial charge is 0.335 e. The highest BCUT2D eigenvalue weighted by Crippen LogP contribution is 2.29. The van der Waals surface area contributed by atoms with Crippen molar-refractivity contribution < 1.29 is 9.90 Å². The van der Waals surface area contributed by atoms with E-state index in [4.69, 9.17) is 0 Å². The molecule has 0 spiro atoms. The number of carboxylic acids is 1. The van der Waals surface area contributed by atoms with Gasteiger partial charge in [0.1, 0.15) is 0 Å². The van der Waals surface area contributed by atoms with Gasteiger partial charge in [-0.2, -0.15) is 0 Å². The number of carboxylic acid groups (broad SMARTS) is 1. The van der Waals surface area contributed by atoms with E-state index in [-0.39, 0.29) is 17.0 Å². The van der Waals surface area contributed by atoms with Crippen molar-refractivity contribution in [2.75, 3.05) is 0 Å². The minimum Gasteiger partial charge on any atom is -0.478 e. The maximum atomic E-state index is 12.3. The highest BCUT2D eigenvalue weighted by atomic mass is 16.4. The Bertz CT molecular complexity index is 759. The molecule has 0 amide bonds. The summed E-state index contributed by atoms with van der Waals surface area (Å²) in [4.78, 5) is 23.7. The number of nitrogens with zero attached hydrogens (tertiary/aromatic N) is 1. The monoisotopic (exact) mass is 301 g/mol. The van der Waals surface area contributed by atoms with Crippen molar-refractivity contribution in [1.29, 1.82) is 0 Å². The summed E-state index contributed by atoms with van der Waals surface area (Å²) in [5.74, 6) is -0.401.